The lowest BCUT2D eigenvalue weighted by Gasteiger charge is -2.38. The van der Waals surface area contributed by atoms with Gasteiger partial charge in [0.05, 0.1) is 0 Å². The van der Waals surface area contributed by atoms with E-state index in [2.05, 4.69) is 17.0 Å². The van der Waals surface area contributed by atoms with Crippen LogP contribution in [0.1, 0.15) is 30.5 Å². The second-order valence-corrected chi connectivity index (χ2v) is 6.09. The third-order valence-electron chi connectivity index (χ3n) is 4.40. The van der Waals surface area contributed by atoms with Crippen LogP contribution in [0.4, 0.5) is 0 Å². The molecule has 2 aromatic carbocycles. The van der Waals surface area contributed by atoms with Gasteiger partial charge >= 0.3 is 0 Å². The number of nitrogens with zero attached hydrogens (tertiary/aromatic N) is 1. The molecule has 1 heterocycles. The molecule has 0 aliphatic carbocycles. The number of hydrogen-bond donors (Lipinski definition) is 1. The largest absolute Gasteiger partial charge is 0.508 e. The van der Waals surface area contributed by atoms with Crippen LogP contribution in [0.25, 0.3) is 0 Å². The van der Waals surface area contributed by atoms with Crippen molar-refractivity contribution in [1.29, 1.82) is 0 Å². The molecule has 0 amide bonds. The number of likely N-dealkylation sites (tertiary alicyclic amines) is 1. The van der Waals surface area contributed by atoms with E-state index in [1.54, 1.807) is 12.1 Å². The van der Waals surface area contributed by atoms with E-state index >= 15 is 0 Å². The Bertz CT molecular complexity index is 636. The van der Waals surface area contributed by atoms with Gasteiger partial charge < -0.3 is 5.11 Å². The molecule has 1 N–H and O–H groups in total. The zero-order valence-electron chi connectivity index (χ0n) is 12.8. The van der Waals surface area contributed by atoms with Crippen LogP contribution in [-0.4, -0.2) is 22.3 Å². The number of aromatic hydroxyl groups is 1. The highest BCUT2D eigenvalue weighted by molar-refractivity contribution is 5.82. The molecule has 1 fully saturated rings. The number of phenols is 1. The fraction of sp³-hybridized carbons (Fsp3) is 0.316. The second kappa shape index (κ2) is 6.32. The molecule has 3 heteroatoms. The molecule has 114 valence electrons. The highest BCUT2D eigenvalue weighted by atomic mass is 16.3. The quantitative estimate of drug-likeness (QED) is 0.941. The van der Waals surface area contributed by atoms with E-state index in [0.717, 1.165) is 18.7 Å². The minimum absolute atomic E-state index is 0.0806. The summed E-state index contributed by atoms with van der Waals surface area (Å²) in [6.45, 7) is 3.57. The Morgan fingerprint density at radius 3 is 2.45 bits per heavy atom. The van der Waals surface area contributed by atoms with Gasteiger partial charge in [-0.05, 0) is 23.3 Å². The molecular weight excluding hydrogens is 274 g/mol. The van der Waals surface area contributed by atoms with Crippen LogP contribution in [0.5, 0.6) is 5.75 Å². The molecule has 3 nitrogen and oxygen atoms in total. The van der Waals surface area contributed by atoms with E-state index in [1.807, 2.05) is 37.3 Å². The predicted molar refractivity (Wildman–Crippen MR) is 86.5 cm³/mol. The normalized spacial score (nSPS) is 22.7. The molecule has 0 radical (unpaired) electrons. The Hall–Kier alpha value is -2.13. The molecule has 0 saturated carbocycles. The van der Waals surface area contributed by atoms with E-state index in [0.29, 0.717) is 12.2 Å². The summed E-state index contributed by atoms with van der Waals surface area (Å²) in [7, 11) is 0. The number of hydrogen-bond acceptors (Lipinski definition) is 3. The molecule has 0 bridgehead atoms. The monoisotopic (exact) mass is 295 g/mol. The van der Waals surface area contributed by atoms with Gasteiger partial charge in [-0.1, -0.05) is 49.4 Å². The summed E-state index contributed by atoms with van der Waals surface area (Å²) in [6, 6.07) is 17.7. The third kappa shape index (κ3) is 3.20. The molecule has 2 aromatic rings. The molecule has 0 unspecified atom stereocenters. The van der Waals surface area contributed by atoms with Crippen LogP contribution >= 0.6 is 0 Å². The average Bonchev–Trinajstić information content (AvgIpc) is 2.54. The van der Waals surface area contributed by atoms with Crippen molar-refractivity contribution < 1.29 is 9.90 Å². The Kier molecular flexibility index (Phi) is 4.25. The van der Waals surface area contributed by atoms with Crippen molar-refractivity contribution in [3.8, 4) is 5.75 Å². The standard InChI is InChI=1S/C19H21NO2/c1-14-12-20(13-15-7-9-17(21)10-8-15)18(11-19(14)22)16-5-3-2-4-6-16/h2-10,14,18,21H,11-13H2,1H3/t14-,18-/m0/s1. The van der Waals surface area contributed by atoms with Crippen molar-refractivity contribution >= 4 is 5.78 Å². The van der Waals surface area contributed by atoms with Crippen molar-refractivity contribution in [3.05, 3.63) is 65.7 Å². The summed E-state index contributed by atoms with van der Waals surface area (Å²) in [6.07, 6.45) is 0.573. The van der Waals surface area contributed by atoms with Crippen LogP contribution in [0.3, 0.4) is 0 Å². The van der Waals surface area contributed by atoms with Gasteiger partial charge in [0.15, 0.2) is 0 Å². The van der Waals surface area contributed by atoms with Crippen molar-refractivity contribution in [2.75, 3.05) is 6.54 Å². The van der Waals surface area contributed by atoms with E-state index in [9.17, 15) is 9.90 Å². The summed E-state index contributed by atoms with van der Waals surface area (Å²) in [5.41, 5.74) is 2.35. The highest BCUT2D eigenvalue weighted by Gasteiger charge is 2.32. The summed E-state index contributed by atoms with van der Waals surface area (Å²) in [5, 5.41) is 9.41. The van der Waals surface area contributed by atoms with Gasteiger partial charge in [0.25, 0.3) is 0 Å². The average molecular weight is 295 g/mol. The maximum atomic E-state index is 12.2. The maximum Gasteiger partial charge on any atom is 0.138 e. The smallest absolute Gasteiger partial charge is 0.138 e. The lowest BCUT2D eigenvalue weighted by atomic mass is 9.88. The van der Waals surface area contributed by atoms with Crippen LogP contribution in [0, 0.1) is 5.92 Å². The first kappa shape index (κ1) is 14.8. The van der Waals surface area contributed by atoms with Crippen LogP contribution < -0.4 is 0 Å². The zero-order chi connectivity index (χ0) is 15.5. The lowest BCUT2D eigenvalue weighted by Crippen LogP contribution is -2.41. The summed E-state index contributed by atoms with van der Waals surface area (Å²) >= 11 is 0. The zero-order valence-corrected chi connectivity index (χ0v) is 12.8. The SMILES string of the molecule is C[C@H]1CN(Cc2ccc(O)cc2)[C@H](c2ccccc2)CC1=O. The first-order valence-corrected chi connectivity index (χ1v) is 7.73. The van der Waals surface area contributed by atoms with Crippen molar-refractivity contribution in [2.45, 2.75) is 25.9 Å². The molecule has 3 rings (SSSR count). The van der Waals surface area contributed by atoms with Gasteiger partial charge in [-0.3, -0.25) is 9.69 Å². The van der Waals surface area contributed by atoms with E-state index in [1.165, 1.54) is 5.56 Å². The second-order valence-electron chi connectivity index (χ2n) is 6.09. The Morgan fingerprint density at radius 2 is 1.77 bits per heavy atom. The van der Waals surface area contributed by atoms with Gasteiger partial charge in [-0.15, -0.1) is 0 Å². The Balaban J connectivity index is 1.84. The molecule has 22 heavy (non-hydrogen) atoms. The van der Waals surface area contributed by atoms with Gasteiger partial charge in [0.1, 0.15) is 11.5 Å². The summed E-state index contributed by atoms with van der Waals surface area (Å²) in [5.74, 6) is 0.707. The van der Waals surface area contributed by atoms with Crippen LogP contribution in [0.15, 0.2) is 54.6 Å². The molecule has 2 atom stereocenters. The Morgan fingerprint density at radius 1 is 1.09 bits per heavy atom. The topological polar surface area (TPSA) is 40.5 Å². The van der Waals surface area contributed by atoms with E-state index in [-0.39, 0.29) is 17.7 Å². The van der Waals surface area contributed by atoms with Crippen molar-refractivity contribution in [1.82, 2.24) is 4.90 Å². The number of benzene rings is 2. The predicted octanol–water partition coefficient (Wildman–Crippen LogP) is 3.54. The fourth-order valence-corrected chi connectivity index (χ4v) is 3.12. The first-order valence-electron chi connectivity index (χ1n) is 7.73. The highest BCUT2D eigenvalue weighted by Crippen LogP contribution is 2.32. The maximum absolute atomic E-state index is 12.2. The molecule has 1 aliphatic heterocycles. The van der Waals surface area contributed by atoms with Gasteiger partial charge in [-0.25, -0.2) is 0 Å². The lowest BCUT2D eigenvalue weighted by molar-refractivity contribution is -0.128. The number of carbonyl (C=O) groups is 1. The van der Waals surface area contributed by atoms with Gasteiger partial charge in [0, 0.05) is 31.5 Å². The first-order chi connectivity index (χ1) is 10.6. The van der Waals surface area contributed by atoms with Gasteiger partial charge in [-0.2, -0.15) is 0 Å². The number of rotatable bonds is 3. The van der Waals surface area contributed by atoms with E-state index < -0.39 is 0 Å². The molecule has 0 aromatic heterocycles. The van der Waals surface area contributed by atoms with Gasteiger partial charge in [0.2, 0.25) is 0 Å². The molecule has 0 spiro atoms. The minimum atomic E-state index is 0.0806. The van der Waals surface area contributed by atoms with E-state index in [4.69, 9.17) is 0 Å². The number of ketones is 1. The summed E-state index contributed by atoms with van der Waals surface area (Å²) in [4.78, 5) is 14.5. The third-order valence-corrected chi connectivity index (χ3v) is 4.40. The number of carbonyl (C=O) groups excluding carboxylic acids is 1. The fourth-order valence-electron chi connectivity index (χ4n) is 3.12. The summed E-state index contributed by atoms with van der Waals surface area (Å²) < 4.78 is 0. The number of piperidine rings is 1. The Labute approximate surface area is 131 Å². The molecule has 1 aliphatic rings. The minimum Gasteiger partial charge on any atom is -0.508 e. The van der Waals surface area contributed by atoms with Crippen molar-refractivity contribution in [2.24, 2.45) is 5.92 Å². The number of phenolic OH excluding ortho intramolecular Hbond substituents is 1. The molecular formula is C19H21NO2. The molecule has 1 saturated heterocycles. The van der Waals surface area contributed by atoms with Crippen LogP contribution in [-0.2, 0) is 11.3 Å². The van der Waals surface area contributed by atoms with Crippen molar-refractivity contribution in [3.63, 3.8) is 0 Å². The van der Waals surface area contributed by atoms with Crippen LogP contribution in [0.2, 0.25) is 0 Å². The number of Topliss-reactive ketones (excluding diaryl/α,β-unsaturated/α-hetero) is 1.